The lowest BCUT2D eigenvalue weighted by Crippen LogP contribution is -2.26. The molecule has 0 radical (unpaired) electrons. The molecule has 0 bridgehead atoms. The predicted molar refractivity (Wildman–Crippen MR) is 43.2 cm³/mol. The minimum absolute atomic E-state index is 0.0267. The molecule has 0 amide bonds. The molecule has 1 heterocycles. The number of cyclic esters (lactones) is 1. The number of ether oxygens (including phenoxy) is 1. The lowest BCUT2D eigenvalue weighted by Gasteiger charge is -2.27. The Morgan fingerprint density at radius 2 is 2.09 bits per heavy atom. The van der Waals surface area contributed by atoms with E-state index in [0.717, 1.165) is 12.8 Å². The first-order valence-electron chi connectivity index (χ1n) is 4.34. The molecule has 64 valence electrons. The number of esters is 1. The van der Waals surface area contributed by atoms with Crippen LogP contribution in [0.5, 0.6) is 0 Å². The van der Waals surface area contributed by atoms with Gasteiger partial charge in [0.15, 0.2) is 0 Å². The van der Waals surface area contributed by atoms with Crippen molar-refractivity contribution in [2.45, 2.75) is 46.1 Å². The second-order valence-corrected chi connectivity index (χ2v) is 3.38. The van der Waals surface area contributed by atoms with Crippen molar-refractivity contribution >= 4 is 5.97 Å². The fourth-order valence-electron chi connectivity index (χ4n) is 1.87. The van der Waals surface area contributed by atoms with Gasteiger partial charge in [-0.05, 0) is 19.8 Å². The van der Waals surface area contributed by atoms with Gasteiger partial charge in [-0.2, -0.15) is 0 Å². The van der Waals surface area contributed by atoms with E-state index in [1.165, 1.54) is 0 Å². The molecular weight excluding hydrogens is 140 g/mol. The predicted octanol–water partition coefficient (Wildman–Crippen LogP) is 2.13. The van der Waals surface area contributed by atoms with Crippen molar-refractivity contribution in [3.8, 4) is 0 Å². The molecule has 1 fully saturated rings. The van der Waals surface area contributed by atoms with Gasteiger partial charge in [0, 0.05) is 5.41 Å². The summed E-state index contributed by atoms with van der Waals surface area (Å²) >= 11 is 0. The average Bonchev–Trinajstić information content (AvgIpc) is 2.27. The van der Waals surface area contributed by atoms with Gasteiger partial charge in [0.25, 0.3) is 0 Å². The zero-order chi connectivity index (χ0) is 8.48. The molecule has 1 aliphatic rings. The number of rotatable bonds is 2. The summed E-state index contributed by atoms with van der Waals surface area (Å²) in [6.07, 6.45) is 2.80. The molecular formula is C9H16O2. The minimum atomic E-state index is -0.0267. The summed E-state index contributed by atoms with van der Waals surface area (Å²) in [6.45, 7) is 6.25. The third kappa shape index (κ3) is 1.26. The maximum Gasteiger partial charge on any atom is 0.306 e. The molecule has 0 spiro atoms. The lowest BCUT2D eigenvalue weighted by molar-refractivity contribution is -0.141. The summed E-state index contributed by atoms with van der Waals surface area (Å²) in [7, 11) is 0. The number of carbonyl (C=O) groups excluding carboxylic acids is 1. The highest BCUT2D eigenvalue weighted by atomic mass is 16.6. The van der Waals surface area contributed by atoms with E-state index in [1.807, 2.05) is 6.92 Å². The molecule has 0 aromatic rings. The van der Waals surface area contributed by atoms with Crippen molar-refractivity contribution in [2.24, 2.45) is 5.41 Å². The Bertz CT molecular complexity index is 159. The normalized spacial score (nSPS) is 28.6. The van der Waals surface area contributed by atoms with Gasteiger partial charge in [0.1, 0.15) is 6.10 Å². The van der Waals surface area contributed by atoms with Crippen LogP contribution in [0.4, 0.5) is 0 Å². The molecule has 1 unspecified atom stereocenters. The third-order valence-electron chi connectivity index (χ3n) is 3.08. The summed E-state index contributed by atoms with van der Waals surface area (Å²) < 4.78 is 5.12. The third-order valence-corrected chi connectivity index (χ3v) is 3.08. The highest BCUT2D eigenvalue weighted by molar-refractivity contribution is 5.73. The average molecular weight is 156 g/mol. The lowest BCUT2D eigenvalue weighted by atomic mass is 9.77. The zero-order valence-corrected chi connectivity index (χ0v) is 7.52. The molecule has 0 saturated carbocycles. The summed E-state index contributed by atoms with van der Waals surface area (Å²) in [5.74, 6) is -0.0267. The first kappa shape index (κ1) is 8.57. The van der Waals surface area contributed by atoms with Crippen LogP contribution in [-0.2, 0) is 9.53 Å². The Kier molecular flexibility index (Phi) is 2.21. The fraction of sp³-hybridized carbons (Fsp3) is 0.889. The van der Waals surface area contributed by atoms with Crippen LogP contribution in [0.1, 0.15) is 40.0 Å². The monoisotopic (exact) mass is 156 g/mol. The molecule has 1 atom stereocenters. The maximum absolute atomic E-state index is 11.0. The molecule has 0 aliphatic carbocycles. The van der Waals surface area contributed by atoms with Gasteiger partial charge in [-0.1, -0.05) is 13.8 Å². The number of carbonyl (C=O) groups is 1. The van der Waals surface area contributed by atoms with Crippen molar-refractivity contribution in [1.82, 2.24) is 0 Å². The van der Waals surface area contributed by atoms with Crippen LogP contribution in [0.15, 0.2) is 0 Å². The van der Waals surface area contributed by atoms with Gasteiger partial charge < -0.3 is 4.74 Å². The maximum atomic E-state index is 11.0. The molecule has 0 aromatic carbocycles. The van der Waals surface area contributed by atoms with Crippen molar-refractivity contribution in [2.75, 3.05) is 0 Å². The van der Waals surface area contributed by atoms with Crippen LogP contribution in [-0.4, -0.2) is 12.1 Å². The van der Waals surface area contributed by atoms with Crippen molar-refractivity contribution in [3.63, 3.8) is 0 Å². The summed E-state index contributed by atoms with van der Waals surface area (Å²) in [4.78, 5) is 11.0. The van der Waals surface area contributed by atoms with Gasteiger partial charge >= 0.3 is 5.97 Å². The smallest absolute Gasteiger partial charge is 0.306 e. The number of hydrogen-bond acceptors (Lipinski definition) is 2. The van der Waals surface area contributed by atoms with Gasteiger partial charge in [-0.3, -0.25) is 4.79 Å². The van der Waals surface area contributed by atoms with Gasteiger partial charge in [0.05, 0.1) is 6.42 Å². The standard InChI is InChI=1S/C9H16O2/c1-4-9(5-2)6-8(10)11-7(9)3/h7H,4-6H2,1-3H3. The van der Waals surface area contributed by atoms with Crippen molar-refractivity contribution in [1.29, 1.82) is 0 Å². The molecule has 0 N–H and O–H groups in total. The summed E-state index contributed by atoms with van der Waals surface area (Å²) in [6, 6.07) is 0. The molecule has 2 nitrogen and oxygen atoms in total. The molecule has 2 heteroatoms. The number of hydrogen-bond donors (Lipinski definition) is 0. The molecule has 1 saturated heterocycles. The Hall–Kier alpha value is -0.530. The summed E-state index contributed by atoms with van der Waals surface area (Å²) in [5, 5.41) is 0. The van der Waals surface area contributed by atoms with E-state index in [1.54, 1.807) is 0 Å². The van der Waals surface area contributed by atoms with Gasteiger partial charge in [0.2, 0.25) is 0 Å². The molecule has 1 aliphatic heterocycles. The van der Waals surface area contributed by atoms with Crippen LogP contribution in [0.3, 0.4) is 0 Å². The van der Waals surface area contributed by atoms with Gasteiger partial charge in [-0.25, -0.2) is 0 Å². The quantitative estimate of drug-likeness (QED) is 0.572. The Balaban J connectivity index is 2.75. The van der Waals surface area contributed by atoms with E-state index >= 15 is 0 Å². The molecule has 11 heavy (non-hydrogen) atoms. The SMILES string of the molecule is CCC1(CC)CC(=O)OC1C. The molecule has 1 rings (SSSR count). The summed E-state index contributed by atoms with van der Waals surface area (Å²) in [5.41, 5.74) is 0.136. The van der Waals surface area contributed by atoms with E-state index < -0.39 is 0 Å². The Labute approximate surface area is 67.9 Å². The van der Waals surface area contributed by atoms with Crippen LogP contribution < -0.4 is 0 Å². The molecule has 0 aromatic heterocycles. The van der Waals surface area contributed by atoms with Crippen LogP contribution in [0.2, 0.25) is 0 Å². The van der Waals surface area contributed by atoms with Gasteiger partial charge in [-0.15, -0.1) is 0 Å². The second kappa shape index (κ2) is 2.84. The van der Waals surface area contributed by atoms with Crippen LogP contribution >= 0.6 is 0 Å². The highest BCUT2D eigenvalue weighted by Crippen LogP contribution is 2.41. The van der Waals surface area contributed by atoms with E-state index in [-0.39, 0.29) is 17.5 Å². The van der Waals surface area contributed by atoms with E-state index in [4.69, 9.17) is 4.74 Å². The fourth-order valence-corrected chi connectivity index (χ4v) is 1.87. The van der Waals surface area contributed by atoms with E-state index in [2.05, 4.69) is 13.8 Å². The van der Waals surface area contributed by atoms with Crippen molar-refractivity contribution in [3.05, 3.63) is 0 Å². The van der Waals surface area contributed by atoms with E-state index in [0.29, 0.717) is 6.42 Å². The first-order chi connectivity index (χ1) is 5.14. The topological polar surface area (TPSA) is 26.3 Å². The van der Waals surface area contributed by atoms with Crippen LogP contribution in [0, 0.1) is 5.41 Å². The Morgan fingerprint density at radius 1 is 1.55 bits per heavy atom. The van der Waals surface area contributed by atoms with E-state index in [9.17, 15) is 4.79 Å². The van der Waals surface area contributed by atoms with Crippen LogP contribution in [0.25, 0.3) is 0 Å². The Morgan fingerprint density at radius 3 is 2.27 bits per heavy atom. The highest BCUT2D eigenvalue weighted by Gasteiger charge is 2.43. The second-order valence-electron chi connectivity index (χ2n) is 3.38. The first-order valence-corrected chi connectivity index (χ1v) is 4.34. The van der Waals surface area contributed by atoms with Crippen molar-refractivity contribution < 1.29 is 9.53 Å². The largest absolute Gasteiger partial charge is 0.462 e. The minimum Gasteiger partial charge on any atom is -0.462 e. The zero-order valence-electron chi connectivity index (χ0n) is 7.52.